The Morgan fingerprint density at radius 3 is 2.41 bits per heavy atom. The predicted octanol–water partition coefficient (Wildman–Crippen LogP) is 3.50. The summed E-state index contributed by atoms with van der Waals surface area (Å²) >= 11 is 0. The maximum Gasteiger partial charge on any atom is 0.274 e. The second-order valence-electron chi connectivity index (χ2n) is 7.04. The summed E-state index contributed by atoms with van der Waals surface area (Å²) in [5, 5.41) is 2.88. The molecule has 1 aliphatic heterocycles. The van der Waals surface area contributed by atoms with E-state index in [0.29, 0.717) is 5.69 Å². The van der Waals surface area contributed by atoms with E-state index in [-0.39, 0.29) is 11.7 Å². The molecule has 3 aromatic rings. The van der Waals surface area contributed by atoms with Crippen LogP contribution in [0.1, 0.15) is 16.1 Å². The number of amides is 1. The highest BCUT2D eigenvalue weighted by Crippen LogP contribution is 2.20. The third-order valence-electron chi connectivity index (χ3n) is 4.96. The van der Waals surface area contributed by atoms with Crippen molar-refractivity contribution in [1.82, 2.24) is 9.97 Å². The van der Waals surface area contributed by atoms with Crippen LogP contribution in [0.4, 0.5) is 21.6 Å². The highest BCUT2D eigenvalue weighted by Gasteiger charge is 2.20. The number of hydrogen-bond donors (Lipinski definition) is 1. The van der Waals surface area contributed by atoms with Crippen LogP contribution in [0.3, 0.4) is 0 Å². The Kier molecular flexibility index (Phi) is 5.37. The standard InChI is InChI=1S/C22H22FN5O/c1-16-3-2-4-18(13-16)26-22(29)20-14-21(25-15-24-20)28-11-9-27(10-12-28)19-7-5-17(23)6-8-19/h2-8,13-15H,9-12H2,1H3,(H,26,29). The fourth-order valence-corrected chi connectivity index (χ4v) is 3.41. The summed E-state index contributed by atoms with van der Waals surface area (Å²) in [6.45, 7) is 5.08. The van der Waals surface area contributed by atoms with E-state index in [1.54, 1.807) is 18.2 Å². The first-order chi connectivity index (χ1) is 14.1. The quantitative estimate of drug-likeness (QED) is 0.738. The molecule has 0 saturated carbocycles. The Hall–Kier alpha value is -3.48. The first kappa shape index (κ1) is 18.9. The molecule has 29 heavy (non-hydrogen) atoms. The van der Waals surface area contributed by atoms with Crippen LogP contribution >= 0.6 is 0 Å². The van der Waals surface area contributed by atoms with Gasteiger partial charge in [-0.1, -0.05) is 12.1 Å². The molecule has 0 radical (unpaired) electrons. The molecule has 1 aromatic heterocycles. The van der Waals surface area contributed by atoms with E-state index in [1.165, 1.54) is 18.5 Å². The van der Waals surface area contributed by atoms with E-state index >= 15 is 0 Å². The lowest BCUT2D eigenvalue weighted by Crippen LogP contribution is -2.46. The summed E-state index contributed by atoms with van der Waals surface area (Å²) in [7, 11) is 0. The predicted molar refractivity (Wildman–Crippen MR) is 112 cm³/mol. The van der Waals surface area contributed by atoms with Crippen molar-refractivity contribution in [3.05, 3.63) is 78.0 Å². The molecule has 6 nitrogen and oxygen atoms in total. The molecule has 4 rings (SSSR count). The zero-order valence-electron chi connectivity index (χ0n) is 16.2. The zero-order valence-corrected chi connectivity index (χ0v) is 16.2. The first-order valence-corrected chi connectivity index (χ1v) is 9.54. The second-order valence-corrected chi connectivity index (χ2v) is 7.04. The summed E-state index contributed by atoms with van der Waals surface area (Å²) in [5.41, 5.74) is 3.15. The Morgan fingerprint density at radius 2 is 1.69 bits per heavy atom. The van der Waals surface area contributed by atoms with Gasteiger partial charge in [-0.05, 0) is 48.9 Å². The van der Waals surface area contributed by atoms with Crippen molar-refractivity contribution in [1.29, 1.82) is 0 Å². The van der Waals surface area contributed by atoms with Crippen molar-refractivity contribution in [3.63, 3.8) is 0 Å². The smallest absolute Gasteiger partial charge is 0.274 e. The van der Waals surface area contributed by atoms with Gasteiger partial charge in [0, 0.05) is 43.6 Å². The van der Waals surface area contributed by atoms with Gasteiger partial charge in [0.1, 0.15) is 23.7 Å². The molecular weight excluding hydrogens is 369 g/mol. The zero-order chi connectivity index (χ0) is 20.2. The van der Waals surface area contributed by atoms with Crippen molar-refractivity contribution >= 4 is 23.1 Å². The molecule has 1 fully saturated rings. The fraction of sp³-hybridized carbons (Fsp3) is 0.227. The summed E-state index contributed by atoms with van der Waals surface area (Å²) in [4.78, 5) is 25.4. The van der Waals surface area contributed by atoms with Gasteiger partial charge >= 0.3 is 0 Å². The minimum atomic E-state index is -0.260. The van der Waals surface area contributed by atoms with Gasteiger partial charge in [0.15, 0.2) is 0 Å². The van der Waals surface area contributed by atoms with E-state index in [2.05, 4.69) is 25.1 Å². The first-order valence-electron chi connectivity index (χ1n) is 9.54. The summed E-state index contributed by atoms with van der Waals surface area (Å²) in [6.07, 6.45) is 1.42. The number of nitrogens with zero attached hydrogens (tertiary/aromatic N) is 4. The number of hydrogen-bond acceptors (Lipinski definition) is 5. The SMILES string of the molecule is Cc1cccc(NC(=O)c2cc(N3CCN(c4ccc(F)cc4)CC3)ncn2)c1. The molecule has 0 bridgehead atoms. The van der Waals surface area contributed by atoms with Crippen molar-refractivity contribution in [2.45, 2.75) is 6.92 Å². The van der Waals surface area contributed by atoms with Crippen LogP contribution in [0, 0.1) is 12.7 Å². The van der Waals surface area contributed by atoms with Crippen LogP contribution in [-0.2, 0) is 0 Å². The molecule has 2 aromatic carbocycles. The minimum Gasteiger partial charge on any atom is -0.368 e. The number of benzene rings is 2. The third-order valence-corrected chi connectivity index (χ3v) is 4.96. The van der Waals surface area contributed by atoms with E-state index < -0.39 is 0 Å². The van der Waals surface area contributed by atoms with Crippen LogP contribution in [-0.4, -0.2) is 42.1 Å². The van der Waals surface area contributed by atoms with Crippen LogP contribution < -0.4 is 15.1 Å². The molecule has 0 unspecified atom stereocenters. The van der Waals surface area contributed by atoms with Gasteiger partial charge < -0.3 is 15.1 Å². The van der Waals surface area contributed by atoms with Gasteiger partial charge in [-0.25, -0.2) is 14.4 Å². The summed E-state index contributed by atoms with van der Waals surface area (Å²) < 4.78 is 13.1. The largest absolute Gasteiger partial charge is 0.368 e. The molecule has 1 N–H and O–H groups in total. The molecule has 7 heteroatoms. The lowest BCUT2D eigenvalue weighted by Gasteiger charge is -2.36. The maximum atomic E-state index is 13.1. The molecule has 1 saturated heterocycles. The van der Waals surface area contributed by atoms with Crippen molar-refractivity contribution in [3.8, 4) is 0 Å². The van der Waals surface area contributed by atoms with Gasteiger partial charge in [-0.3, -0.25) is 4.79 Å². The van der Waals surface area contributed by atoms with Crippen molar-refractivity contribution in [2.75, 3.05) is 41.3 Å². The number of halogens is 1. The fourth-order valence-electron chi connectivity index (χ4n) is 3.41. The average molecular weight is 391 g/mol. The van der Waals surface area contributed by atoms with Crippen LogP contribution in [0.15, 0.2) is 60.9 Å². The number of carbonyl (C=O) groups is 1. The maximum absolute atomic E-state index is 13.1. The number of rotatable bonds is 4. The molecule has 148 valence electrons. The number of nitrogens with one attached hydrogen (secondary N) is 1. The number of aryl methyl sites for hydroxylation is 1. The molecule has 0 spiro atoms. The van der Waals surface area contributed by atoms with E-state index in [9.17, 15) is 9.18 Å². The monoisotopic (exact) mass is 391 g/mol. The molecular formula is C22H22FN5O. The average Bonchev–Trinajstić information content (AvgIpc) is 2.74. The Bertz CT molecular complexity index is 1000. The number of aromatic nitrogens is 2. The van der Waals surface area contributed by atoms with E-state index in [0.717, 1.165) is 48.9 Å². The number of anilines is 3. The Morgan fingerprint density at radius 1 is 0.966 bits per heavy atom. The second kappa shape index (κ2) is 8.26. The molecule has 2 heterocycles. The van der Waals surface area contributed by atoms with Gasteiger partial charge in [0.05, 0.1) is 0 Å². The highest BCUT2D eigenvalue weighted by molar-refractivity contribution is 6.03. The van der Waals surface area contributed by atoms with Crippen LogP contribution in [0.25, 0.3) is 0 Å². The lowest BCUT2D eigenvalue weighted by atomic mass is 10.2. The summed E-state index contributed by atoms with van der Waals surface area (Å²) in [5.74, 6) is 0.238. The number of carbonyl (C=O) groups excluding carboxylic acids is 1. The Labute approximate surface area is 169 Å². The topological polar surface area (TPSA) is 61.4 Å². The van der Waals surface area contributed by atoms with Gasteiger partial charge in [0.2, 0.25) is 0 Å². The van der Waals surface area contributed by atoms with E-state index in [1.807, 2.05) is 31.2 Å². The number of piperazine rings is 1. The van der Waals surface area contributed by atoms with Crippen LogP contribution in [0.5, 0.6) is 0 Å². The molecule has 1 amide bonds. The third kappa shape index (κ3) is 4.51. The van der Waals surface area contributed by atoms with Crippen LogP contribution in [0.2, 0.25) is 0 Å². The minimum absolute atomic E-state index is 0.232. The van der Waals surface area contributed by atoms with Gasteiger partial charge in [0.25, 0.3) is 5.91 Å². The summed E-state index contributed by atoms with van der Waals surface area (Å²) in [6, 6.07) is 15.9. The normalized spacial score (nSPS) is 14.0. The molecule has 0 atom stereocenters. The lowest BCUT2D eigenvalue weighted by molar-refractivity contribution is 0.102. The van der Waals surface area contributed by atoms with Crippen molar-refractivity contribution in [2.24, 2.45) is 0 Å². The highest BCUT2D eigenvalue weighted by atomic mass is 19.1. The molecule has 1 aliphatic rings. The van der Waals surface area contributed by atoms with E-state index in [4.69, 9.17) is 0 Å². The van der Waals surface area contributed by atoms with Gasteiger partial charge in [-0.15, -0.1) is 0 Å². The Balaban J connectivity index is 1.41. The molecule has 0 aliphatic carbocycles. The van der Waals surface area contributed by atoms with Gasteiger partial charge in [-0.2, -0.15) is 0 Å². The van der Waals surface area contributed by atoms with Crippen molar-refractivity contribution < 1.29 is 9.18 Å².